The average molecular weight is 542 g/mol. The van der Waals surface area contributed by atoms with Crippen LogP contribution in [0.4, 0.5) is 14.9 Å². The molecule has 2 aliphatic carbocycles. The van der Waals surface area contributed by atoms with Gasteiger partial charge in [-0.15, -0.1) is 0 Å². The highest BCUT2D eigenvalue weighted by molar-refractivity contribution is 6.32. The Kier molecular flexibility index (Phi) is 6.69. The minimum atomic E-state index is -0.316. The zero-order valence-electron chi connectivity index (χ0n) is 21.6. The zero-order valence-corrected chi connectivity index (χ0v) is 22.3. The van der Waals surface area contributed by atoms with Gasteiger partial charge in [-0.25, -0.2) is 18.9 Å². The normalized spacial score (nSPS) is 20.5. The standard InChI is InChI=1S/C31H29ClFN5O/c1-31-18-21-19-35-38(25-13-11-24(33)12-14-25)28(21)17-23(31)10-9-22(31)16-27(20-6-3-2-4-7-20)37-30(39)36-26-8-5-15-34-29(26)32/h2-8,11-15,17,19,22,27H,9-10,16,18H2,1H3,(H2,36,37,39)/t22-,27?,31-/m1/s1. The van der Waals surface area contributed by atoms with Crippen LogP contribution in [0.2, 0.25) is 5.15 Å². The van der Waals surface area contributed by atoms with Crippen LogP contribution in [0.15, 0.2) is 84.7 Å². The summed E-state index contributed by atoms with van der Waals surface area (Å²) in [7, 11) is 0. The van der Waals surface area contributed by atoms with E-state index in [0.29, 0.717) is 11.6 Å². The number of carbonyl (C=O) groups is 1. The third-order valence-corrected chi connectivity index (χ3v) is 8.56. The van der Waals surface area contributed by atoms with Gasteiger partial charge in [0.15, 0.2) is 5.15 Å². The van der Waals surface area contributed by atoms with Crippen LogP contribution in [0.5, 0.6) is 0 Å². The molecule has 3 atom stereocenters. The van der Waals surface area contributed by atoms with Gasteiger partial charge in [0, 0.05) is 6.20 Å². The molecular formula is C31H29ClFN5O. The van der Waals surface area contributed by atoms with Crippen LogP contribution in [0.1, 0.15) is 49.0 Å². The van der Waals surface area contributed by atoms with Crippen molar-refractivity contribution in [3.63, 3.8) is 0 Å². The van der Waals surface area contributed by atoms with Gasteiger partial charge in [0.2, 0.25) is 0 Å². The lowest BCUT2D eigenvalue weighted by atomic mass is 9.68. The summed E-state index contributed by atoms with van der Waals surface area (Å²) in [6.07, 6.45) is 9.50. The summed E-state index contributed by atoms with van der Waals surface area (Å²) >= 11 is 6.16. The number of aromatic nitrogens is 3. The largest absolute Gasteiger partial charge is 0.331 e. The van der Waals surface area contributed by atoms with Crippen LogP contribution in [-0.4, -0.2) is 20.8 Å². The molecule has 0 saturated heterocycles. The summed E-state index contributed by atoms with van der Waals surface area (Å²) in [6, 6.07) is 19.5. The van der Waals surface area contributed by atoms with Gasteiger partial charge in [0.05, 0.1) is 29.3 Å². The molecule has 198 valence electrons. The highest BCUT2D eigenvalue weighted by Crippen LogP contribution is 2.55. The van der Waals surface area contributed by atoms with Gasteiger partial charge in [-0.3, -0.25) is 0 Å². The molecule has 1 fully saturated rings. The summed E-state index contributed by atoms with van der Waals surface area (Å²) in [4.78, 5) is 17.1. The molecule has 2 aliphatic rings. The van der Waals surface area contributed by atoms with Gasteiger partial charge >= 0.3 is 6.03 Å². The summed E-state index contributed by atoms with van der Waals surface area (Å²) in [6.45, 7) is 2.34. The fraction of sp³-hybridized carbons (Fsp3) is 0.258. The van der Waals surface area contributed by atoms with Gasteiger partial charge in [0.1, 0.15) is 5.82 Å². The molecule has 6 rings (SSSR count). The molecule has 39 heavy (non-hydrogen) atoms. The quantitative estimate of drug-likeness (QED) is 0.250. The molecule has 0 spiro atoms. The van der Waals surface area contributed by atoms with Crippen LogP contribution in [0.25, 0.3) is 11.8 Å². The number of pyridine rings is 1. The third-order valence-electron chi connectivity index (χ3n) is 8.26. The van der Waals surface area contributed by atoms with Crippen LogP contribution in [-0.2, 0) is 6.42 Å². The van der Waals surface area contributed by atoms with E-state index in [1.54, 1.807) is 30.5 Å². The number of nitrogens with zero attached hydrogens (tertiary/aromatic N) is 3. The number of urea groups is 1. The van der Waals surface area contributed by atoms with Gasteiger partial charge in [-0.1, -0.05) is 54.4 Å². The highest BCUT2D eigenvalue weighted by Gasteiger charge is 2.46. The van der Waals surface area contributed by atoms with Crippen molar-refractivity contribution >= 4 is 29.4 Å². The second-order valence-electron chi connectivity index (χ2n) is 10.6. The molecule has 1 unspecified atom stereocenters. The smallest absolute Gasteiger partial charge is 0.319 e. The van der Waals surface area contributed by atoms with E-state index in [0.717, 1.165) is 42.6 Å². The molecule has 0 aliphatic heterocycles. The van der Waals surface area contributed by atoms with Crippen LogP contribution < -0.4 is 10.6 Å². The lowest BCUT2D eigenvalue weighted by Crippen LogP contribution is -2.36. The number of anilines is 1. The lowest BCUT2D eigenvalue weighted by molar-refractivity contribution is 0.222. The number of amides is 2. The first kappa shape index (κ1) is 25.3. The van der Waals surface area contributed by atoms with Gasteiger partial charge < -0.3 is 10.6 Å². The Balaban J connectivity index is 1.24. The predicted octanol–water partition coefficient (Wildman–Crippen LogP) is 7.37. The third kappa shape index (κ3) is 4.94. The molecule has 4 aromatic rings. The number of halogens is 2. The Hall–Kier alpha value is -3.97. The SMILES string of the molecule is C[C@]12Cc3cnn(-c4ccc(F)cc4)c3C=C1CC[C@@H]2CC(NC(=O)Nc1cccnc1Cl)c1ccccc1. The van der Waals surface area contributed by atoms with Gasteiger partial charge in [0.25, 0.3) is 0 Å². The van der Waals surface area contributed by atoms with Crippen molar-refractivity contribution in [3.8, 4) is 5.69 Å². The minimum absolute atomic E-state index is 0.0402. The number of fused-ring (bicyclic) bond motifs is 2. The molecule has 2 N–H and O–H groups in total. The first-order valence-corrected chi connectivity index (χ1v) is 13.6. The van der Waals surface area contributed by atoms with Crippen molar-refractivity contribution < 1.29 is 9.18 Å². The maximum absolute atomic E-state index is 13.5. The van der Waals surface area contributed by atoms with Crippen molar-refractivity contribution in [3.05, 3.63) is 112 Å². The Morgan fingerprint density at radius 3 is 2.72 bits per heavy atom. The van der Waals surface area contributed by atoms with Crippen molar-refractivity contribution in [2.45, 2.75) is 38.6 Å². The first-order valence-electron chi connectivity index (χ1n) is 13.2. The highest BCUT2D eigenvalue weighted by atomic mass is 35.5. The predicted molar refractivity (Wildman–Crippen MR) is 151 cm³/mol. The first-order chi connectivity index (χ1) is 18.9. The van der Waals surface area contributed by atoms with Crippen molar-refractivity contribution in [1.82, 2.24) is 20.1 Å². The second-order valence-corrected chi connectivity index (χ2v) is 10.9. The molecule has 2 aromatic carbocycles. The second kappa shape index (κ2) is 10.3. The van der Waals surface area contributed by atoms with Gasteiger partial charge in [-0.2, -0.15) is 5.10 Å². The van der Waals surface area contributed by atoms with Crippen LogP contribution in [0.3, 0.4) is 0 Å². The molecule has 2 amide bonds. The number of carbonyl (C=O) groups excluding carboxylic acids is 1. The maximum Gasteiger partial charge on any atom is 0.319 e. The Morgan fingerprint density at radius 1 is 1.15 bits per heavy atom. The molecule has 6 nitrogen and oxygen atoms in total. The number of rotatable bonds is 6. The minimum Gasteiger partial charge on any atom is -0.331 e. The fourth-order valence-corrected chi connectivity index (χ4v) is 6.31. The summed E-state index contributed by atoms with van der Waals surface area (Å²) in [5, 5.41) is 10.9. The van der Waals surface area contributed by atoms with Crippen LogP contribution in [0, 0.1) is 17.2 Å². The van der Waals surface area contributed by atoms with Crippen molar-refractivity contribution in [1.29, 1.82) is 0 Å². The molecule has 0 radical (unpaired) electrons. The Bertz CT molecular complexity index is 1530. The topological polar surface area (TPSA) is 71.8 Å². The average Bonchev–Trinajstić information content (AvgIpc) is 3.48. The number of nitrogens with one attached hydrogen (secondary N) is 2. The molecule has 8 heteroatoms. The number of benzene rings is 2. The molecule has 1 saturated carbocycles. The van der Waals surface area contributed by atoms with Gasteiger partial charge in [-0.05, 0) is 90.6 Å². The molecule has 2 heterocycles. The molecular weight excluding hydrogens is 513 g/mol. The summed E-state index contributed by atoms with van der Waals surface area (Å²) in [5.41, 5.74) is 6.00. The number of hydrogen-bond donors (Lipinski definition) is 2. The summed E-state index contributed by atoms with van der Waals surface area (Å²) in [5.74, 6) is 0.0988. The van der Waals surface area contributed by atoms with E-state index >= 15 is 0 Å². The van der Waals surface area contributed by atoms with Crippen molar-refractivity contribution in [2.75, 3.05) is 5.32 Å². The van der Waals surface area contributed by atoms with E-state index in [1.807, 2.05) is 29.1 Å². The molecule has 2 aromatic heterocycles. The Labute approximate surface area is 231 Å². The van der Waals surface area contributed by atoms with E-state index in [2.05, 4.69) is 45.8 Å². The van der Waals surface area contributed by atoms with Crippen LogP contribution >= 0.6 is 11.6 Å². The monoisotopic (exact) mass is 541 g/mol. The maximum atomic E-state index is 13.5. The van der Waals surface area contributed by atoms with E-state index in [9.17, 15) is 9.18 Å². The Morgan fingerprint density at radius 2 is 1.95 bits per heavy atom. The van der Waals surface area contributed by atoms with E-state index in [4.69, 9.17) is 11.6 Å². The van der Waals surface area contributed by atoms with E-state index in [-0.39, 0.29) is 28.5 Å². The molecule has 0 bridgehead atoms. The van der Waals surface area contributed by atoms with E-state index < -0.39 is 0 Å². The number of hydrogen-bond acceptors (Lipinski definition) is 3. The van der Waals surface area contributed by atoms with Crippen molar-refractivity contribution in [2.24, 2.45) is 11.3 Å². The summed E-state index contributed by atoms with van der Waals surface area (Å²) < 4.78 is 15.4. The van der Waals surface area contributed by atoms with E-state index in [1.165, 1.54) is 23.3 Å². The lowest BCUT2D eigenvalue weighted by Gasteiger charge is -2.37. The fourth-order valence-electron chi connectivity index (χ4n) is 6.14. The zero-order chi connectivity index (χ0) is 27.0. The number of allylic oxidation sites excluding steroid dienone is 1.